The number of hydrogen-bond donors (Lipinski definition) is 6. The summed E-state index contributed by atoms with van der Waals surface area (Å²) >= 11 is 0. The van der Waals surface area contributed by atoms with Gasteiger partial charge in [0.2, 0.25) is 5.78 Å². The number of ketones is 1. The number of rotatable bonds is 4. The van der Waals surface area contributed by atoms with E-state index < -0.39 is 42.4 Å². The number of phenolic OH excluding ortho intramolecular Hbond substituents is 4. The van der Waals surface area contributed by atoms with E-state index in [1.165, 1.54) is 25.3 Å². The van der Waals surface area contributed by atoms with Crippen molar-refractivity contribution in [1.29, 1.82) is 0 Å². The Labute approximate surface area is 198 Å². The fourth-order valence-corrected chi connectivity index (χ4v) is 4.72. The van der Waals surface area contributed by atoms with Gasteiger partial charge < -0.3 is 44.8 Å². The largest absolute Gasteiger partial charge is 0.508 e. The lowest BCUT2D eigenvalue weighted by atomic mass is 9.84. The number of benzene rings is 3. The predicted octanol–water partition coefficient (Wildman–Crippen LogP) is 2.40. The van der Waals surface area contributed by atoms with Crippen molar-refractivity contribution in [3.05, 3.63) is 64.7 Å². The first-order valence-electron chi connectivity index (χ1n) is 10.7. The molecule has 0 amide bonds. The topological polar surface area (TPSA) is 166 Å². The van der Waals surface area contributed by atoms with E-state index in [2.05, 4.69) is 0 Å². The Bertz CT molecular complexity index is 1330. The van der Waals surface area contributed by atoms with Crippen LogP contribution >= 0.6 is 0 Å². The summed E-state index contributed by atoms with van der Waals surface area (Å²) in [6.45, 7) is -0.424. The molecule has 6 N–H and O–H groups in total. The molecular weight excluding hydrogens is 460 g/mol. The fraction of sp³-hybridized carbons (Fsp3) is 0.240. The van der Waals surface area contributed by atoms with Crippen LogP contribution < -0.4 is 14.2 Å². The van der Waals surface area contributed by atoms with E-state index in [1.54, 1.807) is 12.1 Å². The van der Waals surface area contributed by atoms with Crippen molar-refractivity contribution in [3.63, 3.8) is 0 Å². The summed E-state index contributed by atoms with van der Waals surface area (Å²) in [6.07, 6.45) is -3.80. The molecule has 0 fully saturated rings. The van der Waals surface area contributed by atoms with Crippen molar-refractivity contribution >= 4 is 5.78 Å². The first-order chi connectivity index (χ1) is 16.7. The third kappa shape index (κ3) is 3.46. The molecule has 2 heterocycles. The molecule has 2 unspecified atom stereocenters. The number of methoxy groups -OCH3 is 1. The number of ether oxygens (including phenoxy) is 3. The van der Waals surface area contributed by atoms with Gasteiger partial charge in [-0.25, -0.2) is 0 Å². The van der Waals surface area contributed by atoms with Crippen LogP contribution in [0.3, 0.4) is 0 Å². The molecule has 3 aromatic rings. The maximum atomic E-state index is 12.9. The lowest BCUT2D eigenvalue weighted by Crippen LogP contribution is -2.37. The molecule has 0 bridgehead atoms. The lowest BCUT2D eigenvalue weighted by Gasteiger charge is -2.31. The van der Waals surface area contributed by atoms with Gasteiger partial charge in [0, 0.05) is 23.3 Å². The first kappa shape index (κ1) is 22.6. The summed E-state index contributed by atoms with van der Waals surface area (Å²) < 4.78 is 17.0. The fourth-order valence-electron chi connectivity index (χ4n) is 4.72. The summed E-state index contributed by atoms with van der Waals surface area (Å²) in [4.78, 5) is 12.9. The number of aliphatic hydroxyl groups excluding tert-OH is 2. The molecule has 0 saturated carbocycles. The quantitative estimate of drug-likeness (QED) is 0.325. The molecule has 2 aliphatic heterocycles. The van der Waals surface area contributed by atoms with Gasteiger partial charge in [-0.15, -0.1) is 0 Å². The van der Waals surface area contributed by atoms with E-state index in [0.717, 1.165) is 12.1 Å². The molecule has 0 spiro atoms. The molecule has 0 radical (unpaired) electrons. The van der Waals surface area contributed by atoms with E-state index >= 15 is 0 Å². The summed E-state index contributed by atoms with van der Waals surface area (Å²) in [5.74, 6) is -2.61. The van der Waals surface area contributed by atoms with Gasteiger partial charge in [0.15, 0.2) is 35.2 Å². The predicted molar refractivity (Wildman–Crippen MR) is 119 cm³/mol. The van der Waals surface area contributed by atoms with Crippen LogP contribution in [0.25, 0.3) is 0 Å². The standard InChI is InChI=1S/C25H22O10/c1-33-17-6-10(2-4-14(17)28)23-13(9-26)19-12(3-5-15(29)25(19)35-23)24-22(32)21(31)20-16(30)7-11(27)8-18(20)34-24/h2-8,13,22-24,26-30,32H,9H2,1H3/t13?,22-,23?,24+/m1/s1. The summed E-state index contributed by atoms with van der Waals surface area (Å²) in [6, 6.07) is 9.44. The molecule has 5 rings (SSSR count). The second kappa shape index (κ2) is 8.26. The minimum atomic E-state index is -1.72. The Morgan fingerprint density at radius 2 is 1.66 bits per heavy atom. The zero-order valence-electron chi connectivity index (χ0n) is 18.4. The van der Waals surface area contributed by atoms with Crippen LogP contribution in [0.5, 0.6) is 40.2 Å². The Balaban J connectivity index is 1.61. The molecule has 10 heteroatoms. The highest BCUT2D eigenvalue weighted by atomic mass is 16.5. The van der Waals surface area contributed by atoms with Crippen molar-refractivity contribution in [2.75, 3.05) is 13.7 Å². The molecule has 35 heavy (non-hydrogen) atoms. The van der Waals surface area contributed by atoms with E-state index in [9.17, 15) is 35.4 Å². The van der Waals surface area contributed by atoms with Gasteiger partial charge in [-0.2, -0.15) is 0 Å². The van der Waals surface area contributed by atoms with Crippen LogP contribution in [-0.2, 0) is 0 Å². The lowest BCUT2D eigenvalue weighted by molar-refractivity contribution is 0.0206. The number of Topliss-reactive ketones (excluding diaryl/α,β-unsaturated/α-hetero) is 1. The Morgan fingerprint density at radius 3 is 2.37 bits per heavy atom. The smallest absolute Gasteiger partial charge is 0.202 e. The van der Waals surface area contributed by atoms with Gasteiger partial charge in [-0.05, 0) is 23.8 Å². The van der Waals surface area contributed by atoms with E-state index in [0.29, 0.717) is 11.1 Å². The molecule has 4 atom stereocenters. The van der Waals surface area contributed by atoms with Crippen LogP contribution in [0.1, 0.15) is 45.2 Å². The number of fused-ring (bicyclic) bond motifs is 2. The van der Waals surface area contributed by atoms with Crippen LogP contribution in [-0.4, -0.2) is 56.2 Å². The second-order valence-corrected chi connectivity index (χ2v) is 8.36. The van der Waals surface area contributed by atoms with Crippen molar-refractivity contribution in [1.82, 2.24) is 0 Å². The monoisotopic (exact) mass is 482 g/mol. The number of carbonyl (C=O) groups is 1. The molecule has 2 aliphatic rings. The number of aromatic hydroxyl groups is 4. The molecule has 0 saturated heterocycles. The molecular formula is C25H22O10. The van der Waals surface area contributed by atoms with Crippen LogP contribution in [0.2, 0.25) is 0 Å². The maximum Gasteiger partial charge on any atom is 0.202 e. The van der Waals surface area contributed by atoms with Crippen molar-refractivity contribution in [2.45, 2.75) is 24.2 Å². The number of phenols is 4. The van der Waals surface area contributed by atoms with E-state index in [1.807, 2.05) is 0 Å². The van der Waals surface area contributed by atoms with Gasteiger partial charge >= 0.3 is 0 Å². The highest BCUT2D eigenvalue weighted by Gasteiger charge is 2.45. The molecule has 10 nitrogen and oxygen atoms in total. The van der Waals surface area contributed by atoms with Gasteiger partial charge in [0.05, 0.1) is 19.6 Å². The van der Waals surface area contributed by atoms with Gasteiger partial charge in [0.25, 0.3) is 0 Å². The third-order valence-corrected chi connectivity index (χ3v) is 6.35. The highest BCUT2D eigenvalue weighted by Crippen LogP contribution is 2.54. The third-order valence-electron chi connectivity index (χ3n) is 6.35. The van der Waals surface area contributed by atoms with Crippen molar-refractivity contribution in [2.24, 2.45) is 0 Å². The van der Waals surface area contributed by atoms with Crippen molar-refractivity contribution in [3.8, 4) is 40.2 Å². The summed E-state index contributed by atoms with van der Waals surface area (Å²) in [5.41, 5.74) is 0.890. The van der Waals surface area contributed by atoms with E-state index in [-0.39, 0.29) is 45.6 Å². The van der Waals surface area contributed by atoms with Gasteiger partial charge in [0.1, 0.15) is 28.9 Å². The van der Waals surface area contributed by atoms with E-state index in [4.69, 9.17) is 14.2 Å². The van der Waals surface area contributed by atoms with Gasteiger partial charge in [-0.1, -0.05) is 12.1 Å². The van der Waals surface area contributed by atoms with Crippen LogP contribution in [0.15, 0.2) is 42.5 Å². The average Bonchev–Trinajstić information content (AvgIpc) is 3.22. The summed E-state index contributed by atoms with van der Waals surface area (Å²) in [5, 5.41) is 61.5. The Hall–Kier alpha value is -4.15. The molecule has 3 aromatic carbocycles. The zero-order valence-corrected chi connectivity index (χ0v) is 18.4. The number of aliphatic hydroxyl groups is 2. The van der Waals surface area contributed by atoms with Gasteiger partial charge in [-0.3, -0.25) is 4.79 Å². The first-order valence-corrected chi connectivity index (χ1v) is 10.7. The zero-order chi connectivity index (χ0) is 25.0. The Morgan fingerprint density at radius 1 is 0.914 bits per heavy atom. The van der Waals surface area contributed by atoms with Crippen LogP contribution in [0.4, 0.5) is 0 Å². The number of carbonyl (C=O) groups excluding carboxylic acids is 1. The molecule has 182 valence electrons. The SMILES string of the molecule is COc1cc(C2Oc3c(O)ccc([C@@H]4Oc5cc(O)cc(O)c5C(=O)[C@H]4O)c3C2CO)ccc1O. The Kier molecular flexibility index (Phi) is 5.34. The number of hydrogen-bond acceptors (Lipinski definition) is 10. The van der Waals surface area contributed by atoms with Crippen molar-refractivity contribution < 1.29 is 49.6 Å². The molecule has 0 aromatic heterocycles. The molecule has 0 aliphatic carbocycles. The second-order valence-electron chi connectivity index (χ2n) is 8.36. The van der Waals surface area contributed by atoms with Crippen LogP contribution in [0, 0.1) is 0 Å². The minimum absolute atomic E-state index is 0.0476. The average molecular weight is 482 g/mol. The maximum absolute atomic E-state index is 12.9. The normalized spacial score (nSPS) is 22.7. The highest BCUT2D eigenvalue weighted by molar-refractivity contribution is 6.05. The minimum Gasteiger partial charge on any atom is -0.508 e. The summed E-state index contributed by atoms with van der Waals surface area (Å²) in [7, 11) is 1.39.